The van der Waals surface area contributed by atoms with Crippen molar-refractivity contribution in [2.24, 2.45) is 0 Å². The third kappa shape index (κ3) is 2.57. The number of aromatic nitrogens is 2. The number of hydrogen-bond donors (Lipinski definition) is 1. The Morgan fingerprint density at radius 2 is 1.62 bits per heavy atom. The molecule has 0 unspecified atom stereocenters. The summed E-state index contributed by atoms with van der Waals surface area (Å²) in [5.41, 5.74) is 6.09. The molecule has 1 aromatic heterocycles. The smallest absolute Gasteiger partial charge is 0.239 e. The maximum Gasteiger partial charge on any atom is 0.239 e. The molecule has 1 heterocycles. The zero-order chi connectivity index (χ0) is 16.5. The number of nitrogens with zero attached hydrogens (tertiary/aromatic N) is 2. The third-order valence-corrected chi connectivity index (χ3v) is 4.27. The Labute approximate surface area is 145 Å². The first-order chi connectivity index (χ1) is 11.8. The van der Waals surface area contributed by atoms with Crippen molar-refractivity contribution in [3.05, 3.63) is 71.8 Å². The average Bonchev–Trinajstić information content (AvgIpc) is 2.61. The van der Waals surface area contributed by atoms with Gasteiger partial charge in [0.1, 0.15) is 11.0 Å². The minimum atomic E-state index is 0.705. The van der Waals surface area contributed by atoms with Crippen molar-refractivity contribution < 1.29 is 4.57 Å². The lowest BCUT2D eigenvalue weighted by Gasteiger charge is -2.07. The Bertz CT molecular complexity index is 1030. The van der Waals surface area contributed by atoms with Crippen LogP contribution in [0.15, 0.2) is 66.7 Å². The number of fused-ring (bicyclic) bond motifs is 2. The van der Waals surface area contributed by atoms with E-state index in [4.69, 9.17) is 16.6 Å². The fourth-order valence-electron chi connectivity index (χ4n) is 3.00. The van der Waals surface area contributed by atoms with Gasteiger partial charge in [0.15, 0.2) is 0 Å². The monoisotopic (exact) mass is 334 g/mol. The highest BCUT2D eigenvalue weighted by Crippen LogP contribution is 2.22. The Kier molecular flexibility index (Phi) is 3.79. The molecular formula is C20H17ClN3+. The van der Waals surface area contributed by atoms with Crippen LogP contribution in [0, 0.1) is 0 Å². The quantitative estimate of drug-likeness (QED) is 0.432. The minimum Gasteiger partial charge on any atom is -0.385 e. The van der Waals surface area contributed by atoms with Crippen LogP contribution < -0.4 is 9.88 Å². The van der Waals surface area contributed by atoms with Crippen molar-refractivity contribution in [3.8, 4) is 5.69 Å². The number of anilines is 1. The topological polar surface area (TPSA) is 28.8 Å². The molecule has 4 aromatic rings. The molecule has 0 fully saturated rings. The van der Waals surface area contributed by atoms with Crippen LogP contribution in [0.1, 0.15) is 6.92 Å². The Morgan fingerprint density at radius 1 is 0.917 bits per heavy atom. The molecule has 0 aliphatic rings. The second kappa shape index (κ2) is 6.10. The summed E-state index contributed by atoms with van der Waals surface area (Å²) in [5.74, 6) is 0. The molecule has 1 N–H and O–H groups in total. The van der Waals surface area contributed by atoms with Crippen LogP contribution in [0.25, 0.3) is 27.8 Å². The Balaban J connectivity index is 2.14. The van der Waals surface area contributed by atoms with E-state index in [1.807, 2.05) is 36.4 Å². The molecule has 0 bridgehead atoms. The number of hydrogen-bond acceptors (Lipinski definition) is 2. The zero-order valence-corrected chi connectivity index (χ0v) is 14.1. The van der Waals surface area contributed by atoms with E-state index in [1.165, 1.54) is 0 Å². The first-order valence-corrected chi connectivity index (χ1v) is 8.38. The summed E-state index contributed by atoms with van der Waals surface area (Å²) in [6, 6.07) is 22.4. The fourth-order valence-corrected chi connectivity index (χ4v) is 3.16. The molecule has 4 heteroatoms. The van der Waals surface area contributed by atoms with Crippen LogP contribution >= 0.6 is 11.6 Å². The third-order valence-electron chi connectivity index (χ3n) is 4.03. The van der Waals surface area contributed by atoms with Crippen molar-refractivity contribution >= 4 is 39.4 Å². The molecule has 0 aliphatic carbocycles. The number of benzene rings is 3. The summed E-state index contributed by atoms with van der Waals surface area (Å²) in [6.45, 7) is 2.97. The van der Waals surface area contributed by atoms with Gasteiger partial charge in [-0.2, -0.15) is 0 Å². The molecule has 0 radical (unpaired) electrons. The fraction of sp³-hybridized carbons (Fsp3) is 0.100. The molecule has 0 saturated carbocycles. The average molecular weight is 335 g/mol. The summed E-state index contributed by atoms with van der Waals surface area (Å²) in [5, 5.41) is 4.08. The Morgan fingerprint density at radius 3 is 2.38 bits per heavy atom. The molecule has 3 aromatic carbocycles. The van der Waals surface area contributed by atoms with E-state index in [2.05, 4.69) is 47.1 Å². The second-order valence-electron chi connectivity index (χ2n) is 5.65. The first-order valence-electron chi connectivity index (χ1n) is 8.00. The van der Waals surface area contributed by atoms with E-state index < -0.39 is 0 Å². The van der Waals surface area contributed by atoms with Crippen LogP contribution in [-0.4, -0.2) is 11.5 Å². The van der Waals surface area contributed by atoms with Gasteiger partial charge in [0.25, 0.3) is 0 Å². The van der Waals surface area contributed by atoms with E-state index in [0.29, 0.717) is 5.02 Å². The maximum atomic E-state index is 6.26. The number of rotatable bonds is 3. The van der Waals surface area contributed by atoms with Gasteiger partial charge in [-0.05, 0) is 31.2 Å². The van der Waals surface area contributed by atoms with Crippen LogP contribution in [0.3, 0.4) is 0 Å². The predicted molar refractivity (Wildman–Crippen MR) is 100.0 cm³/mol. The second-order valence-corrected chi connectivity index (χ2v) is 6.09. The summed E-state index contributed by atoms with van der Waals surface area (Å²) in [7, 11) is 0. The van der Waals surface area contributed by atoms with Crippen molar-refractivity contribution in [2.45, 2.75) is 6.92 Å². The molecule has 3 nitrogen and oxygen atoms in total. The van der Waals surface area contributed by atoms with Gasteiger partial charge in [-0.3, -0.25) is 0 Å². The molecule has 118 valence electrons. The lowest BCUT2D eigenvalue weighted by molar-refractivity contribution is -0.538. The van der Waals surface area contributed by atoms with Gasteiger partial charge in [0, 0.05) is 41.5 Å². The van der Waals surface area contributed by atoms with Crippen LogP contribution in [0.5, 0.6) is 0 Å². The van der Waals surface area contributed by atoms with Gasteiger partial charge in [0.05, 0.1) is 0 Å². The minimum absolute atomic E-state index is 0.705. The molecule has 0 atom stereocenters. The standard InChI is InChI=1S/C20H16ClN3/c1-2-22-15-9-11-18-20(13-15)24(16-6-4-3-5-7-16)19-12-14(21)8-10-17(19)23-18/h3-13H,2H2,1H3/p+1. The van der Waals surface area contributed by atoms with E-state index in [0.717, 1.165) is 40.0 Å². The van der Waals surface area contributed by atoms with E-state index in [-0.39, 0.29) is 0 Å². The number of nitrogens with one attached hydrogen (secondary N) is 1. The molecule has 0 amide bonds. The molecule has 24 heavy (non-hydrogen) atoms. The molecule has 4 rings (SSSR count). The van der Waals surface area contributed by atoms with Crippen LogP contribution in [-0.2, 0) is 0 Å². The first kappa shape index (κ1) is 14.9. The van der Waals surface area contributed by atoms with E-state index >= 15 is 0 Å². The van der Waals surface area contributed by atoms with Gasteiger partial charge in [-0.25, -0.2) is 4.98 Å². The van der Waals surface area contributed by atoms with Gasteiger partial charge >= 0.3 is 0 Å². The van der Waals surface area contributed by atoms with Crippen molar-refractivity contribution in [2.75, 3.05) is 11.9 Å². The summed E-state index contributed by atoms with van der Waals surface area (Å²) < 4.78 is 2.21. The van der Waals surface area contributed by atoms with Crippen LogP contribution in [0.2, 0.25) is 5.02 Å². The lowest BCUT2D eigenvalue weighted by Crippen LogP contribution is -2.33. The number of para-hydroxylation sites is 1. The highest BCUT2D eigenvalue weighted by atomic mass is 35.5. The molecule has 0 saturated heterocycles. The summed E-state index contributed by atoms with van der Waals surface area (Å²) in [4.78, 5) is 4.80. The van der Waals surface area contributed by atoms with Crippen molar-refractivity contribution in [1.82, 2.24) is 4.98 Å². The summed E-state index contributed by atoms with van der Waals surface area (Å²) in [6.07, 6.45) is 0. The van der Waals surface area contributed by atoms with Crippen molar-refractivity contribution in [3.63, 3.8) is 0 Å². The normalized spacial score (nSPS) is 11.1. The highest BCUT2D eigenvalue weighted by molar-refractivity contribution is 6.31. The molecular weight excluding hydrogens is 318 g/mol. The van der Waals surface area contributed by atoms with Gasteiger partial charge in [-0.15, -0.1) is 4.57 Å². The maximum absolute atomic E-state index is 6.26. The summed E-state index contributed by atoms with van der Waals surface area (Å²) >= 11 is 6.26. The van der Waals surface area contributed by atoms with E-state index in [9.17, 15) is 0 Å². The Hall–Kier alpha value is -2.65. The van der Waals surface area contributed by atoms with Gasteiger partial charge < -0.3 is 5.32 Å². The molecule has 0 spiro atoms. The number of halogens is 1. The largest absolute Gasteiger partial charge is 0.385 e. The SMILES string of the molecule is CCNc1ccc2nc3ccc(Cl)cc3[n+](-c3ccccc3)c2c1. The van der Waals surface area contributed by atoms with Crippen LogP contribution in [0.4, 0.5) is 5.69 Å². The van der Waals surface area contributed by atoms with Gasteiger partial charge in [0.2, 0.25) is 16.7 Å². The lowest BCUT2D eigenvalue weighted by atomic mass is 10.2. The molecule has 0 aliphatic heterocycles. The van der Waals surface area contributed by atoms with Crippen molar-refractivity contribution in [1.29, 1.82) is 0 Å². The zero-order valence-electron chi connectivity index (χ0n) is 13.3. The van der Waals surface area contributed by atoms with E-state index in [1.54, 1.807) is 0 Å². The predicted octanol–water partition coefficient (Wildman–Crippen LogP) is 4.75. The highest BCUT2D eigenvalue weighted by Gasteiger charge is 2.19. The van der Waals surface area contributed by atoms with Gasteiger partial charge in [-0.1, -0.05) is 29.8 Å².